The largest absolute Gasteiger partial charge is 0.489 e. The Balaban J connectivity index is 2.96. The molecule has 0 amide bonds. The van der Waals surface area contributed by atoms with E-state index in [2.05, 4.69) is 6.58 Å². The molecule has 0 aliphatic rings. The Hall–Kier alpha value is -1.55. The molecule has 0 aliphatic carbocycles. The lowest BCUT2D eigenvalue weighted by atomic mass is 10.1. The molecular formula is C12H14ClNO3. The summed E-state index contributed by atoms with van der Waals surface area (Å²) in [5, 5.41) is 10.8. The quantitative estimate of drug-likeness (QED) is 0.351. The zero-order valence-electron chi connectivity index (χ0n) is 9.83. The molecule has 92 valence electrons. The molecule has 1 aromatic carbocycles. The van der Waals surface area contributed by atoms with Gasteiger partial charge in [0.1, 0.15) is 12.4 Å². The van der Waals surface area contributed by atoms with Crippen LogP contribution in [0.1, 0.15) is 11.1 Å². The Morgan fingerprint density at radius 2 is 2.12 bits per heavy atom. The van der Waals surface area contributed by atoms with Gasteiger partial charge in [0.05, 0.1) is 11.0 Å². The van der Waals surface area contributed by atoms with E-state index >= 15 is 0 Å². The number of halogens is 1. The molecule has 0 fully saturated rings. The summed E-state index contributed by atoms with van der Waals surface area (Å²) < 4.78 is 5.45. The summed E-state index contributed by atoms with van der Waals surface area (Å²) in [5.74, 6) is 0.807. The summed E-state index contributed by atoms with van der Waals surface area (Å²) in [7, 11) is 0. The second kappa shape index (κ2) is 5.68. The average Bonchev–Trinajstić information content (AvgIpc) is 2.26. The number of ether oxygens (including phenoxy) is 1. The summed E-state index contributed by atoms with van der Waals surface area (Å²) in [6.45, 7) is 7.51. The van der Waals surface area contributed by atoms with Crippen LogP contribution in [0.2, 0.25) is 0 Å². The van der Waals surface area contributed by atoms with Crippen molar-refractivity contribution in [1.29, 1.82) is 0 Å². The van der Waals surface area contributed by atoms with Gasteiger partial charge in [0.15, 0.2) is 0 Å². The van der Waals surface area contributed by atoms with E-state index in [0.717, 1.165) is 11.1 Å². The number of nitro benzene ring substituents is 1. The van der Waals surface area contributed by atoms with Crippen LogP contribution in [0.15, 0.2) is 24.3 Å². The van der Waals surface area contributed by atoms with E-state index in [4.69, 9.17) is 16.3 Å². The topological polar surface area (TPSA) is 52.4 Å². The molecule has 0 aromatic heterocycles. The van der Waals surface area contributed by atoms with Crippen molar-refractivity contribution in [2.45, 2.75) is 13.8 Å². The number of benzene rings is 1. The highest BCUT2D eigenvalue weighted by molar-refractivity contribution is 6.19. The summed E-state index contributed by atoms with van der Waals surface area (Å²) in [5.41, 5.74) is 2.27. The lowest BCUT2D eigenvalue weighted by Gasteiger charge is -2.10. The van der Waals surface area contributed by atoms with Gasteiger partial charge in [0.2, 0.25) is 0 Å². The minimum atomic E-state index is -0.419. The van der Waals surface area contributed by atoms with E-state index in [1.807, 2.05) is 6.92 Å². The van der Waals surface area contributed by atoms with Crippen molar-refractivity contribution in [3.8, 4) is 5.75 Å². The summed E-state index contributed by atoms with van der Waals surface area (Å²) in [6.07, 6.45) is 0. The molecule has 4 nitrogen and oxygen atoms in total. The van der Waals surface area contributed by atoms with Crippen molar-refractivity contribution in [2.75, 3.05) is 12.5 Å². The minimum absolute atomic E-state index is 0.0575. The molecule has 0 unspecified atom stereocenters. The molecule has 5 heteroatoms. The Labute approximate surface area is 105 Å². The highest BCUT2D eigenvalue weighted by Crippen LogP contribution is 2.28. The second-order valence-corrected chi connectivity index (χ2v) is 4.10. The molecule has 17 heavy (non-hydrogen) atoms. The van der Waals surface area contributed by atoms with Crippen molar-refractivity contribution in [3.63, 3.8) is 0 Å². The standard InChI is InChI=1S/C12H14ClNO3/c1-8(6-13)7-17-12-5-11(14(15)16)9(2)4-10(12)3/h4-5H,1,6-7H2,2-3H3. The molecule has 0 spiro atoms. The van der Waals surface area contributed by atoms with Crippen molar-refractivity contribution < 1.29 is 9.66 Å². The van der Waals surface area contributed by atoms with Crippen LogP contribution in [0.3, 0.4) is 0 Å². The van der Waals surface area contributed by atoms with Crippen LogP contribution in [0.5, 0.6) is 5.75 Å². The van der Waals surface area contributed by atoms with Crippen LogP contribution in [0, 0.1) is 24.0 Å². The summed E-state index contributed by atoms with van der Waals surface area (Å²) >= 11 is 5.58. The van der Waals surface area contributed by atoms with Crippen LogP contribution in [0.25, 0.3) is 0 Å². The molecule has 0 saturated carbocycles. The first kappa shape index (κ1) is 13.5. The normalized spacial score (nSPS) is 10.1. The second-order valence-electron chi connectivity index (χ2n) is 3.83. The smallest absolute Gasteiger partial charge is 0.276 e. The van der Waals surface area contributed by atoms with Gasteiger partial charge in [-0.05, 0) is 31.1 Å². The van der Waals surface area contributed by atoms with Crippen molar-refractivity contribution >= 4 is 17.3 Å². The molecule has 0 N–H and O–H groups in total. The fraction of sp³-hybridized carbons (Fsp3) is 0.333. The van der Waals surface area contributed by atoms with E-state index in [0.29, 0.717) is 17.2 Å². The number of nitrogens with zero attached hydrogens (tertiary/aromatic N) is 1. The van der Waals surface area contributed by atoms with Crippen LogP contribution in [-0.2, 0) is 0 Å². The monoisotopic (exact) mass is 255 g/mol. The number of aryl methyl sites for hydroxylation is 2. The molecular weight excluding hydrogens is 242 g/mol. The van der Waals surface area contributed by atoms with E-state index in [1.165, 1.54) is 6.07 Å². The van der Waals surface area contributed by atoms with Gasteiger partial charge in [-0.25, -0.2) is 0 Å². The van der Waals surface area contributed by atoms with E-state index in [9.17, 15) is 10.1 Å². The van der Waals surface area contributed by atoms with Crippen LogP contribution in [-0.4, -0.2) is 17.4 Å². The first-order valence-electron chi connectivity index (χ1n) is 5.06. The SMILES string of the molecule is C=C(CCl)COc1cc([N+](=O)[O-])c(C)cc1C. The maximum atomic E-state index is 10.8. The van der Waals surface area contributed by atoms with Crippen molar-refractivity contribution in [2.24, 2.45) is 0 Å². The number of hydrogen-bond acceptors (Lipinski definition) is 3. The maximum Gasteiger partial charge on any atom is 0.276 e. The Bertz CT molecular complexity index is 457. The lowest BCUT2D eigenvalue weighted by Crippen LogP contribution is -2.03. The van der Waals surface area contributed by atoms with Crippen LogP contribution < -0.4 is 4.74 Å². The molecule has 0 heterocycles. The fourth-order valence-electron chi connectivity index (χ4n) is 1.39. The highest BCUT2D eigenvalue weighted by Gasteiger charge is 2.14. The first-order chi connectivity index (χ1) is 7.95. The number of rotatable bonds is 5. The van der Waals surface area contributed by atoms with Gasteiger partial charge >= 0.3 is 0 Å². The van der Waals surface area contributed by atoms with E-state index < -0.39 is 4.92 Å². The maximum absolute atomic E-state index is 10.8. The molecule has 1 rings (SSSR count). The van der Waals surface area contributed by atoms with Crippen molar-refractivity contribution in [3.05, 3.63) is 45.5 Å². The number of nitro groups is 1. The predicted molar refractivity (Wildman–Crippen MR) is 67.9 cm³/mol. The zero-order valence-corrected chi connectivity index (χ0v) is 10.6. The van der Waals surface area contributed by atoms with Gasteiger partial charge in [-0.15, -0.1) is 11.6 Å². The van der Waals surface area contributed by atoms with E-state index in [1.54, 1.807) is 13.0 Å². The number of hydrogen-bond donors (Lipinski definition) is 0. The van der Waals surface area contributed by atoms with Gasteiger partial charge in [0.25, 0.3) is 5.69 Å². The molecule has 0 radical (unpaired) electrons. The molecule has 0 bridgehead atoms. The van der Waals surface area contributed by atoms with Gasteiger partial charge in [0, 0.05) is 11.4 Å². The Morgan fingerprint density at radius 1 is 1.47 bits per heavy atom. The minimum Gasteiger partial charge on any atom is -0.489 e. The van der Waals surface area contributed by atoms with Crippen LogP contribution >= 0.6 is 11.6 Å². The highest BCUT2D eigenvalue weighted by atomic mass is 35.5. The van der Waals surface area contributed by atoms with E-state index in [-0.39, 0.29) is 12.3 Å². The van der Waals surface area contributed by atoms with Gasteiger partial charge < -0.3 is 4.74 Å². The zero-order chi connectivity index (χ0) is 13.0. The Kier molecular flexibility index (Phi) is 4.52. The predicted octanol–water partition coefficient (Wildman–Crippen LogP) is 3.39. The molecule has 0 aliphatic heterocycles. The van der Waals surface area contributed by atoms with Gasteiger partial charge in [-0.3, -0.25) is 10.1 Å². The third kappa shape index (κ3) is 3.46. The van der Waals surface area contributed by atoms with Gasteiger partial charge in [-0.1, -0.05) is 6.58 Å². The van der Waals surface area contributed by atoms with Crippen LogP contribution in [0.4, 0.5) is 5.69 Å². The first-order valence-corrected chi connectivity index (χ1v) is 5.60. The van der Waals surface area contributed by atoms with Gasteiger partial charge in [-0.2, -0.15) is 0 Å². The Morgan fingerprint density at radius 3 is 2.65 bits per heavy atom. The molecule has 0 atom stereocenters. The molecule has 0 saturated heterocycles. The average molecular weight is 256 g/mol. The summed E-state index contributed by atoms with van der Waals surface area (Å²) in [6, 6.07) is 3.17. The lowest BCUT2D eigenvalue weighted by molar-refractivity contribution is -0.385. The summed E-state index contributed by atoms with van der Waals surface area (Å²) in [4.78, 5) is 10.4. The number of alkyl halides is 1. The van der Waals surface area contributed by atoms with Crippen molar-refractivity contribution in [1.82, 2.24) is 0 Å². The fourth-order valence-corrected chi connectivity index (χ4v) is 1.47. The third-order valence-electron chi connectivity index (χ3n) is 2.31. The third-order valence-corrected chi connectivity index (χ3v) is 2.69. The molecule has 1 aromatic rings.